The summed E-state index contributed by atoms with van der Waals surface area (Å²) in [5.74, 6) is 1.89. The molecule has 0 saturated heterocycles. The first-order valence-electron chi connectivity index (χ1n) is 22.6. The van der Waals surface area contributed by atoms with Crippen LogP contribution in [0.3, 0.4) is 0 Å². The van der Waals surface area contributed by atoms with Crippen LogP contribution in [-0.4, -0.2) is 24.1 Å². The lowest BCUT2D eigenvalue weighted by Gasteiger charge is -2.22. The number of aromatic nitrogens is 5. The molecule has 0 radical (unpaired) electrons. The fourth-order valence-corrected chi connectivity index (χ4v) is 11.4. The Morgan fingerprint density at radius 3 is 1.72 bits per heavy atom. The van der Waals surface area contributed by atoms with Crippen LogP contribution in [0.2, 0.25) is 0 Å². The summed E-state index contributed by atoms with van der Waals surface area (Å²) >= 11 is 1.85. The molecule has 14 rings (SSSR count). The van der Waals surface area contributed by atoms with Crippen molar-refractivity contribution in [1.29, 1.82) is 0 Å². The van der Waals surface area contributed by atoms with Crippen LogP contribution in [0.4, 0.5) is 0 Å². The van der Waals surface area contributed by atoms with Crippen molar-refractivity contribution in [3.8, 4) is 67.8 Å². The van der Waals surface area contributed by atoms with E-state index < -0.39 is 0 Å². The molecule has 1 aliphatic rings. The highest BCUT2D eigenvalue weighted by molar-refractivity contribution is 7.99. The summed E-state index contributed by atoms with van der Waals surface area (Å²) in [6, 6.07) is 80.2. The van der Waals surface area contributed by atoms with Crippen molar-refractivity contribution in [2.45, 2.75) is 9.79 Å². The molecule has 3 aromatic heterocycles. The standard InChI is InChI=1S/C61H37N5S/c1-2-20-45(21-3-1)65-52-28-9-8-24-50(52)56-51-27-13-29-55-57(51)66(61(56)65)53-37-43(34-35-54(53)67-55)42-18-10-19-44(36-42)59-62-58(63-60(64-59)49-26-12-17-39-15-5-7-23-48(39)49)41-32-30-40(31-33-41)47-25-11-16-38-14-4-6-22-46(38)47/h1-37H. The van der Waals surface area contributed by atoms with Crippen molar-refractivity contribution in [3.63, 3.8) is 0 Å². The van der Waals surface area contributed by atoms with Crippen LogP contribution in [0.1, 0.15) is 0 Å². The Bertz CT molecular complexity index is 4120. The molecule has 0 unspecified atom stereocenters. The number of fused-ring (bicyclic) bond motifs is 9. The molecule has 0 atom stereocenters. The molecule has 0 amide bonds. The van der Waals surface area contributed by atoms with Crippen LogP contribution < -0.4 is 0 Å². The fourth-order valence-electron chi connectivity index (χ4n) is 10.3. The first-order valence-corrected chi connectivity index (χ1v) is 23.4. The number of nitrogens with zero attached hydrogens (tertiary/aromatic N) is 5. The zero-order chi connectivity index (χ0) is 44.0. The summed E-state index contributed by atoms with van der Waals surface area (Å²) < 4.78 is 4.94. The quantitative estimate of drug-likeness (QED) is 0.167. The Kier molecular flexibility index (Phi) is 8.45. The van der Waals surface area contributed by atoms with Crippen molar-refractivity contribution in [3.05, 3.63) is 224 Å². The van der Waals surface area contributed by atoms with Crippen LogP contribution in [0.15, 0.2) is 234 Å². The summed E-state index contributed by atoms with van der Waals surface area (Å²) in [4.78, 5) is 18.2. The van der Waals surface area contributed by atoms with Gasteiger partial charge in [0.2, 0.25) is 0 Å². The molecule has 0 N–H and O–H groups in total. The van der Waals surface area contributed by atoms with Gasteiger partial charge in [0, 0.05) is 48.3 Å². The SMILES string of the molecule is c1ccc(-n2c3ccccc3c3c4cccc5c4n(c32)-c2cc(-c3cccc(-c4nc(-c6ccc(-c7cccc8ccccc78)cc6)nc(-c6cccc7ccccc67)n4)c3)ccc2S5)cc1. The van der Waals surface area contributed by atoms with E-state index in [4.69, 9.17) is 15.0 Å². The molecule has 0 aliphatic carbocycles. The average molecular weight is 872 g/mol. The Balaban J connectivity index is 0.922. The Morgan fingerprint density at radius 1 is 0.343 bits per heavy atom. The molecule has 0 bridgehead atoms. The van der Waals surface area contributed by atoms with Crippen LogP contribution in [0.25, 0.3) is 122 Å². The lowest BCUT2D eigenvalue weighted by atomic mass is 9.97. The minimum atomic E-state index is 0.622. The summed E-state index contributed by atoms with van der Waals surface area (Å²) in [6.45, 7) is 0. The molecule has 5 nitrogen and oxygen atoms in total. The molecule has 1 aliphatic heterocycles. The number of hydrogen-bond donors (Lipinski definition) is 0. The van der Waals surface area contributed by atoms with Gasteiger partial charge in [0.05, 0.1) is 16.7 Å². The monoisotopic (exact) mass is 871 g/mol. The van der Waals surface area contributed by atoms with Crippen LogP contribution in [0.5, 0.6) is 0 Å². The van der Waals surface area contributed by atoms with Gasteiger partial charge in [-0.1, -0.05) is 194 Å². The summed E-state index contributed by atoms with van der Waals surface area (Å²) in [6.07, 6.45) is 0. The average Bonchev–Trinajstić information content (AvgIpc) is 3.92. The second-order valence-electron chi connectivity index (χ2n) is 17.2. The van der Waals surface area contributed by atoms with Gasteiger partial charge in [0.15, 0.2) is 17.5 Å². The third-order valence-electron chi connectivity index (χ3n) is 13.4. The molecule has 67 heavy (non-hydrogen) atoms. The van der Waals surface area contributed by atoms with Gasteiger partial charge in [-0.25, -0.2) is 15.0 Å². The van der Waals surface area contributed by atoms with E-state index in [1.165, 1.54) is 64.7 Å². The van der Waals surface area contributed by atoms with Crippen molar-refractivity contribution in [2.24, 2.45) is 0 Å². The van der Waals surface area contributed by atoms with E-state index in [0.717, 1.165) is 49.8 Å². The lowest BCUT2D eigenvalue weighted by Crippen LogP contribution is -2.06. The first kappa shape index (κ1) is 37.8. The maximum atomic E-state index is 5.26. The van der Waals surface area contributed by atoms with Gasteiger partial charge < -0.3 is 0 Å². The predicted molar refractivity (Wildman–Crippen MR) is 277 cm³/mol. The van der Waals surface area contributed by atoms with E-state index >= 15 is 0 Å². The smallest absolute Gasteiger partial charge is 0.164 e. The van der Waals surface area contributed by atoms with E-state index in [2.05, 4.69) is 234 Å². The second-order valence-corrected chi connectivity index (χ2v) is 18.3. The molecular weight excluding hydrogens is 835 g/mol. The van der Waals surface area contributed by atoms with Gasteiger partial charge in [-0.2, -0.15) is 0 Å². The van der Waals surface area contributed by atoms with Gasteiger partial charge in [-0.15, -0.1) is 0 Å². The third-order valence-corrected chi connectivity index (χ3v) is 14.5. The first-order chi connectivity index (χ1) is 33.2. The summed E-state index contributed by atoms with van der Waals surface area (Å²) in [5, 5.41) is 8.47. The van der Waals surface area contributed by atoms with Crippen LogP contribution in [0, 0.1) is 0 Å². The molecule has 0 spiro atoms. The van der Waals surface area contributed by atoms with Gasteiger partial charge in [-0.05, 0) is 86.3 Å². The topological polar surface area (TPSA) is 48.5 Å². The third kappa shape index (κ3) is 6.00. The number of benzene rings is 10. The molecular formula is C61H37N5S. The maximum Gasteiger partial charge on any atom is 0.164 e. The van der Waals surface area contributed by atoms with Gasteiger partial charge in [0.25, 0.3) is 0 Å². The molecule has 0 saturated carbocycles. The van der Waals surface area contributed by atoms with E-state index in [-0.39, 0.29) is 0 Å². The van der Waals surface area contributed by atoms with E-state index in [0.29, 0.717) is 17.5 Å². The van der Waals surface area contributed by atoms with Gasteiger partial charge in [0.1, 0.15) is 5.65 Å². The highest BCUT2D eigenvalue weighted by Gasteiger charge is 2.28. The Morgan fingerprint density at radius 2 is 0.910 bits per heavy atom. The molecule has 4 heterocycles. The van der Waals surface area contributed by atoms with E-state index in [1.807, 2.05) is 11.8 Å². The molecule has 10 aromatic carbocycles. The number of rotatable bonds is 6. The minimum Gasteiger partial charge on any atom is -0.295 e. The van der Waals surface area contributed by atoms with E-state index in [9.17, 15) is 0 Å². The molecule has 6 heteroatoms. The lowest BCUT2D eigenvalue weighted by molar-refractivity contribution is 1.03. The largest absolute Gasteiger partial charge is 0.295 e. The predicted octanol–water partition coefficient (Wildman–Crippen LogP) is 16.0. The van der Waals surface area contributed by atoms with Crippen LogP contribution in [-0.2, 0) is 0 Å². The molecule has 0 fully saturated rings. The Hall–Kier alpha value is -8.58. The van der Waals surface area contributed by atoms with Gasteiger partial charge >= 0.3 is 0 Å². The molecule has 312 valence electrons. The number of para-hydroxylation sites is 3. The van der Waals surface area contributed by atoms with Gasteiger partial charge in [-0.3, -0.25) is 9.13 Å². The summed E-state index contributed by atoms with van der Waals surface area (Å²) in [7, 11) is 0. The van der Waals surface area contributed by atoms with Crippen molar-refractivity contribution < 1.29 is 0 Å². The maximum absolute atomic E-state index is 5.26. The zero-order valence-corrected chi connectivity index (χ0v) is 36.8. The van der Waals surface area contributed by atoms with Crippen molar-refractivity contribution in [1.82, 2.24) is 24.1 Å². The van der Waals surface area contributed by atoms with Crippen molar-refractivity contribution in [2.75, 3.05) is 0 Å². The highest BCUT2D eigenvalue weighted by atomic mass is 32.2. The number of hydrogen-bond acceptors (Lipinski definition) is 4. The zero-order valence-electron chi connectivity index (χ0n) is 36.0. The highest BCUT2D eigenvalue weighted by Crippen LogP contribution is 2.50. The molecule has 13 aromatic rings. The fraction of sp³-hybridized carbons (Fsp3) is 0. The van der Waals surface area contributed by atoms with Crippen LogP contribution >= 0.6 is 11.8 Å². The second kappa shape index (κ2) is 15.0. The Labute approximate surface area is 390 Å². The minimum absolute atomic E-state index is 0.622. The summed E-state index contributed by atoms with van der Waals surface area (Å²) in [5.41, 5.74) is 13.3. The van der Waals surface area contributed by atoms with Crippen molar-refractivity contribution >= 4 is 66.1 Å². The van der Waals surface area contributed by atoms with E-state index in [1.54, 1.807) is 0 Å². The normalized spacial score (nSPS) is 12.1.